The van der Waals surface area contributed by atoms with Crippen LogP contribution in [-0.4, -0.2) is 129 Å². The van der Waals surface area contributed by atoms with Crippen molar-refractivity contribution in [1.29, 1.82) is 0 Å². The molecule has 1 amide bonds. The first-order valence-electron chi connectivity index (χ1n) is 22.2. The van der Waals surface area contributed by atoms with Crippen LogP contribution >= 0.6 is 11.6 Å². The Hall–Kier alpha value is -5.72. The molecule has 3 aromatic carbocycles. The van der Waals surface area contributed by atoms with Crippen LogP contribution in [0.3, 0.4) is 0 Å². The second-order valence-electron chi connectivity index (χ2n) is 18.4. The van der Waals surface area contributed by atoms with E-state index >= 15 is 0 Å². The van der Waals surface area contributed by atoms with E-state index in [4.69, 9.17) is 16.3 Å². The number of rotatable bonds is 12. The third-order valence-corrected chi connectivity index (χ3v) is 14.7. The average Bonchev–Trinajstić information content (AvgIpc) is 3.76. The summed E-state index contributed by atoms with van der Waals surface area (Å²) in [4.78, 5) is 42.2. The van der Waals surface area contributed by atoms with Crippen LogP contribution in [0, 0.1) is 15.5 Å². The largest absolute Gasteiger partial charge is 0.455 e. The number of nitro benzene ring substituents is 1. The summed E-state index contributed by atoms with van der Waals surface area (Å²) in [7, 11) is -2.53. The summed E-state index contributed by atoms with van der Waals surface area (Å²) in [5, 5.41) is 20.4. The minimum atomic E-state index is -4.61. The molecule has 3 aliphatic heterocycles. The maximum atomic E-state index is 14.1. The molecule has 5 aromatic rings. The number of halogens is 1. The van der Waals surface area contributed by atoms with Gasteiger partial charge in [-0.3, -0.25) is 24.7 Å². The standard InChI is InChI=1S/C47H55ClN10O6S/c1-47(2)12-10-33(40(26-47)31-4-6-34(48)7-5-31)29-55-18-20-57(21-19-55)36-8-9-39(43(23-36)64-37-22-32-11-13-49-45(32)51-28-37)46(59)53-65(62,63)38-24-41-44(42(25-38)58(60)61)52-35(27-50-41)30-56-16-14-54(3)15-17-56/h4-9,11,13,22-25,28,35,50,52H,10,12,14-21,26-27,29-30H2,1-3H3,(H,49,51)(H,53,59). The summed E-state index contributed by atoms with van der Waals surface area (Å²) < 4.78 is 36.4. The summed E-state index contributed by atoms with van der Waals surface area (Å²) in [6.07, 6.45) is 6.49. The molecule has 1 atom stereocenters. The molecule has 0 radical (unpaired) electrons. The fourth-order valence-corrected chi connectivity index (χ4v) is 10.5. The number of benzene rings is 3. The fourth-order valence-electron chi connectivity index (χ4n) is 9.35. The van der Waals surface area contributed by atoms with Crippen molar-refractivity contribution in [1.82, 2.24) is 29.4 Å². The van der Waals surface area contributed by atoms with E-state index in [1.54, 1.807) is 30.5 Å². The van der Waals surface area contributed by atoms with Crippen molar-refractivity contribution in [3.05, 3.63) is 111 Å². The zero-order valence-electron chi connectivity index (χ0n) is 36.9. The van der Waals surface area contributed by atoms with E-state index in [0.29, 0.717) is 24.5 Å². The highest BCUT2D eigenvalue weighted by Gasteiger charge is 2.33. The van der Waals surface area contributed by atoms with Crippen LogP contribution in [0.4, 0.5) is 22.7 Å². The number of nitrogens with zero attached hydrogens (tertiary/aromatic N) is 6. The highest BCUT2D eigenvalue weighted by Crippen LogP contribution is 2.44. The molecule has 1 aliphatic carbocycles. The van der Waals surface area contributed by atoms with Crippen molar-refractivity contribution in [3.8, 4) is 11.5 Å². The van der Waals surface area contributed by atoms with E-state index in [0.717, 1.165) is 100 Å². The topological polar surface area (TPSA) is 181 Å². The second kappa shape index (κ2) is 18.3. The minimum Gasteiger partial charge on any atom is -0.455 e. The molecule has 0 bridgehead atoms. The molecular formula is C47H55ClN10O6S. The molecule has 2 fully saturated rings. The molecular weight excluding hydrogens is 868 g/mol. The van der Waals surface area contributed by atoms with Gasteiger partial charge in [-0.05, 0) is 85.3 Å². The molecule has 9 rings (SSSR count). The molecule has 342 valence electrons. The quantitative estimate of drug-likeness (QED) is 0.0725. The maximum Gasteiger partial charge on any atom is 0.295 e. The number of allylic oxidation sites excluding steroid dienone is 1. The van der Waals surface area contributed by atoms with Crippen LogP contribution in [0.2, 0.25) is 5.02 Å². The Morgan fingerprint density at radius 2 is 1.74 bits per heavy atom. The Kier molecular flexibility index (Phi) is 12.5. The van der Waals surface area contributed by atoms with Gasteiger partial charge < -0.3 is 30.2 Å². The van der Waals surface area contributed by atoms with Crippen LogP contribution in [0.1, 0.15) is 49.0 Å². The van der Waals surface area contributed by atoms with Crippen LogP contribution in [-0.2, 0) is 10.0 Å². The number of aromatic nitrogens is 2. The first kappa shape index (κ1) is 44.5. The van der Waals surface area contributed by atoms with Gasteiger partial charge in [0.2, 0.25) is 0 Å². The monoisotopic (exact) mass is 922 g/mol. The lowest BCUT2D eigenvalue weighted by molar-refractivity contribution is -0.384. The van der Waals surface area contributed by atoms with Gasteiger partial charge in [0.1, 0.15) is 22.8 Å². The number of ether oxygens (including phenoxy) is 1. The van der Waals surface area contributed by atoms with Crippen LogP contribution in [0.25, 0.3) is 16.6 Å². The molecule has 1 unspecified atom stereocenters. The van der Waals surface area contributed by atoms with Crippen molar-refractivity contribution < 1.29 is 22.9 Å². The molecule has 0 saturated carbocycles. The number of piperazine rings is 2. The third-order valence-electron chi connectivity index (χ3n) is 13.1. The second-order valence-corrected chi connectivity index (χ2v) is 20.6. The van der Waals surface area contributed by atoms with Gasteiger partial charge >= 0.3 is 0 Å². The number of pyridine rings is 1. The van der Waals surface area contributed by atoms with Crippen LogP contribution < -0.4 is 25.0 Å². The number of carbonyl (C=O) groups is 1. The normalized spacial score (nSPS) is 19.6. The molecule has 16 nitrogen and oxygen atoms in total. The summed E-state index contributed by atoms with van der Waals surface area (Å²) in [6, 6.07) is 19.1. The summed E-state index contributed by atoms with van der Waals surface area (Å²) >= 11 is 6.25. The van der Waals surface area contributed by atoms with E-state index in [2.05, 4.69) is 78.0 Å². The number of anilines is 3. The van der Waals surface area contributed by atoms with Crippen LogP contribution in [0.15, 0.2) is 89.6 Å². The molecule has 65 heavy (non-hydrogen) atoms. The lowest BCUT2D eigenvalue weighted by atomic mass is 9.72. The number of H-pyrrole nitrogens is 1. The van der Waals surface area contributed by atoms with Gasteiger partial charge in [0.25, 0.3) is 21.6 Å². The third kappa shape index (κ3) is 10.1. The Labute approximate surface area is 384 Å². The number of likely N-dealkylation sites (N-methyl/N-ethyl adjacent to an activating group) is 1. The number of sulfonamides is 1. The minimum absolute atomic E-state index is 0.0361. The van der Waals surface area contributed by atoms with E-state index in [9.17, 15) is 23.3 Å². The summed E-state index contributed by atoms with van der Waals surface area (Å²) in [6.45, 7) is 13.4. The first-order valence-corrected chi connectivity index (χ1v) is 24.0. The number of hydrogen-bond acceptors (Lipinski definition) is 13. The highest BCUT2D eigenvalue weighted by atomic mass is 35.5. The van der Waals surface area contributed by atoms with Crippen LogP contribution in [0.5, 0.6) is 11.5 Å². The number of fused-ring (bicyclic) bond motifs is 2. The predicted molar refractivity (Wildman–Crippen MR) is 255 cm³/mol. The van der Waals surface area contributed by atoms with Gasteiger partial charge in [-0.2, -0.15) is 0 Å². The fraction of sp³-hybridized carbons (Fsp3) is 0.404. The zero-order valence-corrected chi connectivity index (χ0v) is 38.5. The van der Waals surface area contributed by atoms with Gasteiger partial charge in [0.05, 0.1) is 33.3 Å². The van der Waals surface area contributed by atoms with Crippen molar-refractivity contribution in [3.63, 3.8) is 0 Å². The van der Waals surface area contributed by atoms with Gasteiger partial charge in [0.15, 0.2) is 0 Å². The predicted octanol–water partition coefficient (Wildman–Crippen LogP) is 7.27. The Balaban J connectivity index is 0.933. The number of amides is 1. The Morgan fingerprint density at radius 3 is 2.49 bits per heavy atom. The van der Waals surface area contributed by atoms with Gasteiger partial charge in [-0.1, -0.05) is 43.2 Å². The first-order chi connectivity index (χ1) is 31.2. The molecule has 2 saturated heterocycles. The molecule has 5 heterocycles. The maximum absolute atomic E-state index is 14.1. The highest BCUT2D eigenvalue weighted by molar-refractivity contribution is 7.90. The average molecular weight is 924 g/mol. The number of hydrogen-bond donors (Lipinski definition) is 4. The molecule has 4 N–H and O–H groups in total. The van der Waals surface area contributed by atoms with Crippen molar-refractivity contribution >= 4 is 66.9 Å². The number of nitro groups is 1. The van der Waals surface area contributed by atoms with E-state index in [1.807, 2.05) is 18.2 Å². The smallest absolute Gasteiger partial charge is 0.295 e. The van der Waals surface area contributed by atoms with Crippen molar-refractivity contribution in [2.24, 2.45) is 5.41 Å². The Bertz CT molecular complexity index is 2750. The molecule has 2 aromatic heterocycles. The SMILES string of the molecule is CN1CCN(CC2CNc3cc(S(=O)(=O)NC(=O)c4ccc(N5CCN(CC6=C(c7ccc(Cl)cc7)CC(C)(C)CC6)CC5)cc4Oc4cnc5[nH]ccc5c4)cc([N+](=O)[O-])c3N2)CC1. The van der Waals surface area contributed by atoms with Gasteiger partial charge in [0, 0.05) is 106 Å². The summed E-state index contributed by atoms with van der Waals surface area (Å²) in [5.74, 6) is -0.469. The van der Waals surface area contributed by atoms with Gasteiger partial charge in [-0.25, -0.2) is 18.1 Å². The van der Waals surface area contributed by atoms with E-state index in [-0.39, 0.29) is 34.1 Å². The van der Waals surface area contributed by atoms with Crippen molar-refractivity contribution in [2.45, 2.75) is 44.0 Å². The number of aromatic amines is 1. The molecule has 18 heteroatoms. The van der Waals surface area contributed by atoms with E-state index in [1.165, 1.54) is 29.0 Å². The molecule has 4 aliphatic rings. The number of carbonyl (C=O) groups excluding carboxylic acids is 1. The summed E-state index contributed by atoms with van der Waals surface area (Å²) in [5.41, 5.74) is 5.84. The lowest BCUT2D eigenvalue weighted by Crippen LogP contribution is -2.50. The lowest BCUT2D eigenvalue weighted by Gasteiger charge is -2.39. The zero-order chi connectivity index (χ0) is 45.5. The Morgan fingerprint density at radius 1 is 0.985 bits per heavy atom. The number of nitrogens with one attached hydrogen (secondary N) is 4. The molecule has 0 spiro atoms. The van der Waals surface area contributed by atoms with E-state index < -0.39 is 31.4 Å². The van der Waals surface area contributed by atoms with Crippen molar-refractivity contribution in [2.75, 3.05) is 94.6 Å². The van der Waals surface area contributed by atoms with Gasteiger partial charge in [-0.15, -0.1) is 0 Å².